The second-order valence-corrected chi connectivity index (χ2v) is 4.33. The van der Waals surface area contributed by atoms with E-state index in [0.29, 0.717) is 23.9 Å². The van der Waals surface area contributed by atoms with Gasteiger partial charge in [-0.3, -0.25) is 4.79 Å². The summed E-state index contributed by atoms with van der Waals surface area (Å²) >= 11 is 0. The lowest BCUT2D eigenvalue weighted by Crippen LogP contribution is -2.24. The van der Waals surface area contributed by atoms with Crippen molar-refractivity contribution in [3.8, 4) is 5.88 Å². The Kier molecular flexibility index (Phi) is 5.09. The average molecular weight is 286 g/mol. The van der Waals surface area contributed by atoms with Crippen LogP contribution in [-0.2, 0) is 6.54 Å². The summed E-state index contributed by atoms with van der Waals surface area (Å²) in [6.07, 6.45) is 1.64. The molecule has 2 aromatic heterocycles. The van der Waals surface area contributed by atoms with Crippen molar-refractivity contribution in [2.24, 2.45) is 0 Å². The number of nitrogens with zero attached hydrogens (tertiary/aromatic N) is 2. The van der Waals surface area contributed by atoms with Crippen molar-refractivity contribution in [3.63, 3.8) is 0 Å². The Labute approximate surface area is 123 Å². The number of nitrogens with one attached hydrogen (secondary N) is 2. The molecule has 0 saturated carbocycles. The number of hydrogen-bond acceptors (Lipinski definition) is 5. The first kappa shape index (κ1) is 14.8. The zero-order valence-corrected chi connectivity index (χ0v) is 12.1. The van der Waals surface area contributed by atoms with Crippen LogP contribution in [0, 0.1) is 0 Å². The molecule has 21 heavy (non-hydrogen) atoms. The molecule has 6 nitrogen and oxygen atoms in total. The lowest BCUT2D eigenvalue weighted by atomic mass is 10.2. The summed E-state index contributed by atoms with van der Waals surface area (Å²) in [4.78, 5) is 20.3. The number of ether oxygens (including phenoxy) is 1. The number of amides is 1. The summed E-state index contributed by atoms with van der Waals surface area (Å²) in [5, 5.41) is 5.90. The first-order chi connectivity index (χ1) is 10.2. The molecule has 0 aliphatic rings. The molecule has 2 N–H and O–H groups in total. The Morgan fingerprint density at radius 1 is 1.33 bits per heavy atom. The molecule has 2 heterocycles. The van der Waals surface area contributed by atoms with E-state index in [1.54, 1.807) is 31.5 Å². The molecule has 6 heteroatoms. The molecule has 0 spiro atoms. The van der Waals surface area contributed by atoms with E-state index in [-0.39, 0.29) is 5.91 Å². The molecule has 0 bridgehead atoms. The number of pyridine rings is 2. The van der Waals surface area contributed by atoms with Crippen LogP contribution in [0.2, 0.25) is 0 Å². The molecular weight excluding hydrogens is 268 g/mol. The Morgan fingerprint density at radius 2 is 2.19 bits per heavy atom. The predicted molar refractivity (Wildman–Crippen MR) is 80.4 cm³/mol. The SMILES string of the molecule is CCNc1cccc(C(=O)NCc2ccnc(OC)c2)n1. The first-order valence-electron chi connectivity index (χ1n) is 6.71. The molecule has 2 aromatic rings. The minimum Gasteiger partial charge on any atom is -0.481 e. The number of methoxy groups -OCH3 is 1. The van der Waals surface area contributed by atoms with Crippen molar-refractivity contribution in [1.29, 1.82) is 0 Å². The third-order valence-electron chi connectivity index (χ3n) is 2.80. The van der Waals surface area contributed by atoms with E-state index in [2.05, 4.69) is 20.6 Å². The van der Waals surface area contributed by atoms with E-state index in [1.165, 1.54) is 0 Å². The van der Waals surface area contributed by atoms with Crippen molar-refractivity contribution in [1.82, 2.24) is 15.3 Å². The van der Waals surface area contributed by atoms with Gasteiger partial charge in [0.15, 0.2) is 0 Å². The van der Waals surface area contributed by atoms with Gasteiger partial charge in [-0.25, -0.2) is 9.97 Å². The average Bonchev–Trinajstić information content (AvgIpc) is 2.53. The number of rotatable bonds is 6. The van der Waals surface area contributed by atoms with E-state index in [9.17, 15) is 4.79 Å². The van der Waals surface area contributed by atoms with Crippen molar-refractivity contribution in [3.05, 3.63) is 47.8 Å². The smallest absolute Gasteiger partial charge is 0.270 e. The molecule has 0 aromatic carbocycles. The Balaban J connectivity index is 1.99. The van der Waals surface area contributed by atoms with Crippen molar-refractivity contribution in [2.75, 3.05) is 19.0 Å². The molecule has 110 valence electrons. The highest BCUT2D eigenvalue weighted by Gasteiger charge is 2.08. The third-order valence-corrected chi connectivity index (χ3v) is 2.80. The number of carbonyl (C=O) groups excluding carboxylic acids is 1. The van der Waals surface area contributed by atoms with Gasteiger partial charge in [-0.15, -0.1) is 0 Å². The molecular formula is C15H18N4O2. The number of aromatic nitrogens is 2. The molecule has 0 fully saturated rings. The highest BCUT2D eigenvalue weighted by molar-refractivity contribution is 5.92. The van der Waals surface area contributed by atoms with Crippen LogP contribution in [0.1, 0.15) is 23.0 Å². The maximum atomic E-state index is 12.1. The van der Waals surface area contributed by atoms with Crippen LogP contribution >= 0.6 is 0 Å². The quantitative estimate of drug-likeness (QED) is 0.847. The van der Waals surface area contributed by atoms with Crippen LogP contribution in [-0.4, -0.2) is 29.5 Å². The van der Waals surface area contributed by atoms with Gasteiger partial charge in [0.25, 0.3) is 5.91 Å². The van der Waals surface area contributed by atoms with Crippen LogP contribution in [0.4, 0.5) is 5.82 Å². The molecule has 0 saturated heterocycles. The Hall–Kier alpha value is -2.63. The van der Waals surface area contributed by atoms with Crippen molar-refractivity contribution >= 4 is 11.7 Å². The maximum absolute atomic E-state index is 12.1. The highest BCUT2D eigenvalue weighted by Crippen LogP contribution is 2.09. The summed E-state index contributed by atoms with van der Waals surface area (Å²) in [5.74, 6) is 0.996. The second-order valence-electron chi connectivity index (χ2n) is 4.33. The van der Waals surface area contributed by atoms with Gasteiger partial charge in [-0.05, 0) is 30.7 Å². The minimum absolute atomic E-state index is 0.217. The monoisotopic (exact) mass is 286 g/mol. The fourth-order valence-corrected chi connectivity index (χ4v) is 1.79. The number of anilines is 1. The summed E-state index contributed by atoms with van der Waals surface area (Å²) in [5.41, 5.74) is 1.30. The Morgan fingerprint density at radius 3 is 2.95 bits per heavy atom. The topological polar surface area (TPSA) is 76.1 Å². The van der Waals surface area contributed by atoms with Crippen LogP contribution in [0.25, 0.3) is 0 Å². The van der Waals surface area contributed by atoms with E-state index in [1.807, 2.05) is 19.1 Å². The molecule has 0 aliphatic heterocycles. The van der Waals surface area contributed by atoms with Gasteiger partial charge in [0.1, 0.15) is 11.5 Å². The van der Waals surface area contributed by atoms with Gasteiger partial charge >= 0.3 is 0 Å². The summed E-state index contributed by atoms with van der Waals surface area (Å²) in [6.45, 7) is 3.13. The van der Waals surface area contributed by atoms with Gasteiger partial charge in [0.05, 0.1) is 7.11 Å². The van der Waals surface area contributed by atoms with E-state index in [0.717, 1.165) is 12.1 Å². The molecule has 0 aliphatic carbocycles. The molecule has 0 atom stereocenters. The maximum Gasteiger partial charge on any atom is 0.270 e. The standard InChI is InChI=1S/C15H18N4O2/c1-3-16-13-6-4-5-12(19-13)15(20)18-10-11-7-8-17-14(9-11)21-2/h4-9H,3,10H2,1-2H3,(H,16,19)(H,18,20). The molecule has 0 unspecified atom stereocenters. The van der Waals surface area contributed by atoms with E-state index >= 15 is 0 Å². The zero-order chi connectivity index (χ0) is 15.1. The number of carbonyl (C=O) groups is 1. The molecule has 1 amide bonds. The Bertz CT molecular complexity index is 616. The largest absolute Gasteiger partial charge is 0.481 e. The van der Waals surface area contributed by atoms with Crippen LogP contribution in [0.3, 0.4) is 0 Å². The van der Waals surface area contributed by atoms with Crippen molar-refractivity contribution in [2.45, 2.75) is 13.5 Å². The van der Waals surface area contributed by atoms with Gasteiger partial charge in [0.2, 0.25) is 5.88 Å². The molecule has 2 rings (SSSR count). The number of hydrogen-bond donors (Lipinski definition) is 2. The lowest BCUT2D eigenvalue weighted by molar-refractivity contribution is 0.0946. The third kappa shape index (κ3) is 4.17. The predicted octanol–water partition coefficient (Wildman–Crippen LogP) is 1.85. The van der Waals surface area contributed by atoms with Crippen LogP contribution < -0.4 is 15.4 Å². The second kappa shape index (κ2) is 7.23. The summed E-state index contributed by atoms with van der Waals surface area (Å²) in [6, 6.07) is 8.92. The van der Waals surface area contributed by atoms with Gasteiger partial charge in [-0.2, -0.15) is 0 Å². The zero-order valence-electron chi connectivity index (χ0n) is 12.1. The van der Waals surface area contributed by atoms with E-state index in [4.69, 9.17) is 4.74 Å². The highest BCUT2D eigenvalue weighted by atomic mass is 16.5. The van der Waals surface area contributed by atoms with Gasteiger partial charge in [-0.1, -0.05) is 6.07 Å². The van der Waals surface area contributed by atoms with Crippen molar-refractivity contribution < 1.29 is 9.53 Å². The first-order valence-corrected chi connectivity index (χ1v) is 6.71. The fourth-order valence-electron chi connectivity index (χ4n) is 1.79. The normalized spacial score (nSPS) is 10.0. The summed E-state index contributed by atoms with van der Waals surface area (Å²) < 4.78 is 5.04. The van der Waals surface area contributed by atoms with Gasteiger partial charge < -0.3 is 15.4 Å². The van der Waals surface area contributed by atoms with Gasteiger partial charge in [0, 0.05) is 25.4 Å². The van der Waals surface area contributed by atoms with Crippen LogP contribution in [0.5, 0.6) is 5.88 Å². The fraction of sp³-hybridized carbons (Fsp3) is 0.267. The molecule has 0 radical (unpaired) electrons. The van der Waals surface area contributed by atoms with Crippen LogP contribution in [0.15, 0.2) is 36.5 Å². The summed E-state index contributed by atoms with van der Waals surface area (Å²) in [7, 11) is 1.56. The lowest BCUT2D eigenvalue weighted by Gasteiger charge is -2.07. The van der Waals surface area contributed by atoms with E-state index < -0.39 is 0 Å². The minimum atomic E-state index is -0.217.